The molecule has 1 N–H and O–H groups in total. The van der Waals surface area contributed by atoms with Crippen molar-refractivity contribution in [2.75, 3.05) is 25.1 Å². The van der Waals surface area contributed by atoms with Crippen molar-refractivity contribution in [1.82, 2.24) is 10.2 Å². The molecule has 1 aromatic rings. The van der Waals surface area contributed by atoms with Crippen molar-refractivity contribution in [2.24, 2.45) is 0 Å². The molecule has 0 saturated carbocycles. The SMILES string of the molecule is CSC[C@H](C)N[C@@H]1CCN(Cc2ccccc2)C1. The Morgan fingerprint density at radius 1 is 1.39 bits per heavy atom. The highest BCUT2D eigenvalue weighted by atomic mass is 32.2. The van der Waals surface area contributed by atoms with Gasteiger partial charge in [0.25, 0.3) is 0 Å². The average molecular weight is 264 g/mol. The molecule has 0 amide bonds. The standard InChI is InChI=1S/C15H24N2S/c1-13(12-18-2)16-15-8-9-17(11-15)10-14-6-4-3-5-7-14/h3-7,13,15-16H,8-12H2,1-2H3/t13-,15+/m0/s1. The molecule has 1 aromatic carbocycles. The van der Waals surface area contributed by atoms with E-state index in [9.17, 15) is 0 Å². The van der Waals surface area contributed by atoms with Crippen molar-refractivity contribution in [3.63, 3.8) is 0 Å². The van der Waals surface area contributed by atoms with E-state index in [0.717, 1.165) is 6.54 Å². The Morgan fingerprint density at radius 2 is 2.17 bits per heavy atom. The Hall–Kier alpha value is -0.510. The van der Waals surface area contributed by atoms with Gasteiger partial charge in [-0.05, 0) is 25.2 Å². The summed E-state index contributed by atoms with van der Waals surface area (Å²) >= 11 is 1.92. The molecule has 0 aliphatic carbocycles. The van der Waals surface area contributed by atoms with E-state index >= 15 is 0 Å². The Morgan fingerprint density at radius 3 is 2.89 bits per heavy atom. The predicted molar refractivity (Wildman–Crippen MR) is 81.1 cm³/mol. The number of hydrogen-bond donors (Lipinski definition) is 1. The minimum atomic E-state index is 0.627. The summed E-state index contributed by atoms with van der Waals surface area (Å²) in [4.78, 5) is 2.55. The first-order valence-corrected chi connectivity index (χ1v) is 8.18. The van der Waals surface area contributed by atoms with Crippen LogP contribution in [0.3, 0.4) is 0 Å². The lowest BCUT2D eigenvalue weighted by atomic mass is 10.2. The molecule has 18 heavy (non-hydrogen) atoms. The van der Waals surface area contributed by atoms with Gasteiger partial charge in [-0.1, -0.05) is 30.3 Å². The van der Waals surface area contributed by atoms with Crippen molar-refractivity contribution in [3.8, 4) is 0 Å². The van der Waals surface area contributed by atoms with E-state index < -0.39 is 0 Å². The van der Waals surface area contributed by atoms with Gasteiger partial charge < -0.3 is 5.32 Å². The summed E-state index contributed by atoms with van der Waals surface area (Å²) in [5.41, 5.74) is 1.43. The average Bonchev–Trinajstić information content (AvgIpc) is 2.78. The van der Waals surface area contributed by atoms with Gasteiger partial charge in [0.2, 0.25) is 0 Å². The fourth-order valence-corrected chi connectivity index (χ4v) is 3.25. The number of nitrogens with zero attached hydrogens (tertiary/aromatic N) is 1. The van der Waals surface area contributed by atoms with Crippen LogP contribution in [0.1, 0.15) is 18.9 Å². The zero-order valence-electron chi connectivity index (χ0n) is 11.4. The second-order valence-electron chi connectivity index (χ2n) is 5.23. The van der Waals surface area contributed by atoms with Gasteiger partial charge in [0.05, 0.1) is 0 Å². The van der Waals surface area contributed by atoms with E-state index in [1.165, 1.54) is 30.8 Å². The Bertz CT molecular complexity index is 342. The van der Waals surface area contributed by atoms with E-state index in [2.05, 4.69) is 53.7 Å². The van der Waals surface area contributed by atoms with E-state index in [-0.39, 0.29) is 0 Å². The predicted octanol–water partition coefficient (Wildman–Crippen LogP) is 2.60. The van der Waals surface area contributed by atoms with Gasteiger partial charge in [0.15, 0.2) is 0 Å². The van der Waals surface area contributed by atoms with Crippen LogP contribution in [0.15, 0.2) is 30.3 Å². The minimum absolute atomic E-state index is 0.627. The van der Waals surface area contributed by atoms with Crippen LogP contribution < -0.4 is 5.32 Å². The highest BCUT2D eigenvalue weighted by molar-refractivity contribution is 7.98. The number of hydrogen-bond acceptors (Lipinski definition) is 3. The molecule has 3 heteroatoms. The van der Waals surface area contributed by atoms with Crippen LogP contribution in [-0.4, -0.2) is 42.1 Å². The molecule has 0 aromatic heterocycles. The summed E-state index contributed by atoms with van der Waals surface area (Å²) in [6.07, 6.45) is 3.46. The van der Waals surface area contributed by atoms with Gasteiger partial charge in [0, 0.05) is 37.5 Å². The second kappa shape index (κ2) is 7.17. The molecular weight excluding hydrogens is 240 g/mol. The van der Waals surface area contributed by atoms with Crippen LogP contribution in [0.2, 0.25) is 0 Å². The van der Waals surface area contributed by atoms with Crippen LogP contribution in [0.5, 0.6) is 0 Å². The fourth-order valence-electron chi connectivity index (χ4n) is 2.65. The summed E-state index contributed by atoms with van der Waals surface area (Å²) in [6, 6.07) is 12.1. The highest BCUT2D eigenvalue weighted by Crippen LogP contribution is 2.14. The van der Waals surface area contributed by atoms with Gasteiger partial charge in [-0.2, -0.15) is 11.8 Å². The topological polar surface area (TPSA) is 15.3 Å². The Labute approximate surface area is 115 Å². The van der Waals surface area contributed by atoms with Crippen molar-refractivity contribution < 1.29 is 0 Å². The van der Waals surface area contributed by atoms with Gasteiger partial charge in [-0.25, -0.2) is 0 Å². The number of thioether (sulfide) groups is 1. The van der Waals surface area contributed by atoms with E-state index in [0.29, 0.717) is 12.1 Å². The number of nitrogens with one attached hydrogen (secondary N) is 1. The summed E-state index contributed by atoms with van der Waals surface area (Å²) in [5, 5.41) is 3.73. The first kappa shape index (κ1) is 13.9. The third-order valence-corrected chi connectivity index (χ3v) is 4.29. The largest absolute Gasteiger partial charge is 0.309 e. The van der Waals surface area contributed by atoms with Gasteiger partial charge in [0.1, 0.15) is 0 Å². The molecule has 100 valence electrons. The van der Waals surface area contributed by atoms with Crippen molar-refractivity contribution in [3.05, 3.63) is 35.9 Å². The maximum atomic E-state index is 3.73. The van der Waals surface area contributed by atoms with Crippen molar-refractivity contribution in [1.29, 1.82) is 0 Å². The molecule has 2 nitrogen and oxygen atoms in total. The lowest BCUT2D eigenvalue weighted by molar-refractivity contribution is 0.317. The molecule has 1 aliphatic rings. The lowest BCUT2D eigenvalue weighted by Gasteiger charge is -2.20. The van der Waals surface area contributed by atoms with E-state index in [1.807, 2.05) is 11.8 Å². The lowest BCUT2D eigenvalue weighted by Crippen LogP contribution is -2.39. The molecule has 1 heterocycles. The number of benzene rings is 1. The molecule has 0 spiro atoms. The molecule has 2 rings (SSSR count). The van der Waals surface area contributed by atoms with Crippen LogP contribution in [0.4, 0.5) is 0 Å². The number of rotatable bonds is 6. The smallest absolute Gasteiger partial charge is 0.0234 e. The maximum absolute atomic E-state index is 3.73. The molecule has 1 saturated heterocycles. The highest BCUT2D eigenvalue weighted by Gasteiger charge is 2.23. The van der Waals surface area contributed by atoms with Crippen LogP contribution in [0, 0.1) is 0 Å². The van der Waals surface area contributed by atoms with Crippen molar-refractivity contribution in [2.45, 2.75) is 32.0 Å². The Kier molecular flexibility index (Phi) is 5.54. The van der Waals surface area contributed by atoms with Crippen LogP contribution in [0.25, 0.3) is 0 Å². The summed E-state index contributed by atoms with van der Waals surface area (Å²) < 4.78 is 0. The second-order valence-corrected chi connectivity index (χ2v) is 6.14. The van der Waals surface area contributed by atoms with Gasteiger partial charge >= 0.3 is 0 Å². The summed E-state index contributed by atoms with van der Waals surface area (Å²) in [7, 11) is 0. The fraction of sp³-hybridized carbons (Fsp3) is 0.600. The zero-order chi connectivity index (χ0) is 12.8. The van der Waals surface area contributed by atoms with E-state index in [1.54, 1.807) is 0 Å². The molecule has 1 fully saturated rings. The quantitative estimate of drug-likeness (QED) is 0.850. The molecule has 0 radical (unpaired) electrons. The molecule has 2 atom stereocenters. The molecular formula is C15H24N2S. The summed E-state index contributed by atoms with van der Waals surface area (Å²) in [6.45, 7) is 5.79. The monoisotopic (exact) mass is 264 g/mol. The van der Waals surface area contributed by atoms with Gasteiger partial charge in [-0.15, -0.1) is 0 Å². The Balaban J connectivity index is 1.75. The zero-order valence-corrected chi connectivity index (χ0v) is 12.2. The van der Waals surface area contributed by atoms with E-state index in [4.69, 9.17) is 0 Å². The summed E-state index contributed by atoms with van der Waals surface area (Å²) in [5.74, 6) is 1.20. The first-order valence-electron chi connectivity index (χ1n) is 6.79. The van der Waals surface area contributed by atoms with Crippen molar-refractivity contribution >= 4 is 11.8 Å². The third-order valence-electron chi connectivity index (χ3n) is 3.46. The first-order chi connectivity index (χ1) is 8.78. The maximum Gasteiger partial charge on any atom is 0.0234 e. The van der Waals surface area contributed by atoms with Gasteiger partial charge in [-0.3, -0.25) is 4.90 Å². The minimum Gasteiger partial charge on any atom is -0.309 e. The third kappa shape index (κ3) is 4.30. The molecule has 0 bridgehead atoms. The normalized spacial score (nSPS) is 22.2. The molecule has 0 unspecified atom stereocenters. The van der Waals surface area contributed by atoms with Crippen LogP contribution in [-0.2, 0) is 6.54 Å². The molecule has 1 aliphatic heterocycles. The number of likely N-dealkylation sites (tertiary alicyclic amines) is 1. The van der Waals surface area contributed by atoms with Crippen LogP contribution >= 0.6 is 11.8 Å².